The molecule has 2 N–H and O–H groups in total. The second-order valence-corrected chi connectivity index (χ2v) is 6.82. The minimum atomic E-state index is -0.363. The Morgan fingerprint density at radius 3 is 2.70 bits per heavy atom. The molecular weight excluding hydrogens is 342 g/mol. The van der Waals surface area contributed by atoms with Crippen LogP contribution in [0.25, 0.3) is 10.8 Å². The normalized spacial score (nSPS) is 13.9. The summed E-state index contributed by atoms with van der Waals surface area (Å²) in [5, 5.41) is 6.80. The first-order valence-corrected chi connectivity index (χ1v) is 9.43. The van der Waals surface area contributed by atoms with Gasteiger partial charge in [-0.1, -0.05) is 29.8 Å². The van der Waals surface area contributed by atoms with Crippen LogP contribution in [0.1, 0.15) is 32.1 Å². The van der Waals surface area contributed by atoms with Crippen LogP contribution < -0.4 is 16.2 Å². The third-order valence-electron chi connectivity index (χ3n) is 4.80. The lowest BCUT2D eigenvalue weighted by molar-refractivity contribution is -0.126. The van der Waals surface area contributed by atoms with Gasteiger partial charge in [0.15, 0.2) is 0 Å². The van der Waals surface area contributed by atoms with Gasteiger partial charge < -0.3 is 15.2 Å². The Morgan fingerprint density at radius 2 is 1.89 bits per heavy atom. The molecule has 1 aliphatic rings. The van der Waals surface area contributed by atoms with Gasteiger partial charge >= 0.3 is 0 Å². The number of amides is 2. The number of carbonyl (C=O) groups excluding carboxylic acids is 2. The van der Waals surface area contributed by atoms with Crippen molar-refractivity contribution in [3.63, 3.8) is 0 Å². The second-order valence-electron chi connectivity index (χ2n) is 6.82. The maximum absolute atomic E-state index is 12.4. The molecule has 0 atom stereocenters. The minimum absolute atomic E-state index is 0.0831. The molecule has 2 aromatic rings. The van der Waals surface area contributed by atoms with E-state index in [1.165, 1.54) is 23.0 Å². The van der Waals surface area contributed by atoms with Gasteiger partial charge in [-0.15, -0.1) is 0 Å². The molecule has 0 unspecified atom stereocenters. The predicted octanol–water partition coefficient (Wildman–Crippen LogP) is 2.12. The van der Waals surface area contributed by atoms with E-state index in [1.807, 2.05) is 12.1 Å². The first-order chi connectivity index (χ1) is 13.1. The summed E-state index contributed by atoms with van der Waals surface area (Å²) >= 11 is 0. The number of rotatable bonds is 7. The number of pyridine rings is 1. The van der Waals surface area contributed by atoms with Crippen LogP contribution in [0.4, 0.5) is 0 Å². The summed E-state index contributed by atoms with van der Waals surface area (Å²) in [4.78, 5) is 36.3. The molecule has 0 aliphatic heterocycles. The highest BCUT2D eigenvalue weighted by molar-refractivity contribution is 5.85. The quantitative estimate of drug-likeness (QED) is 0.736. The van der Waals surface area contributed by atoms with E-state index in [-0.39, 0.29) is 30.5 Å². The minimum Gasteiger partial charge on any atom is -0.354 e. The Balaban J connectivity index is 1.44. The lowest BCUT2D eigenvalue weighted by Crippen LogP contribution is -2.39. The summed E-state index contributed by atoms with van der Waals surface area (Å²) in [5.41, 5.74) is 1.19. The smallest absolute Gasteiger partial charge is 0.258 e. The first-order valence-electron chi connectivity index (χ1n) is 9.43. The van der Waals surface area contributed by atoms with Crippen molar-refractivity contribution in [2.24, 2.45) is 0 Å². The van der Waals surface area contributed by atoms with Crippen molar-refractivity contribution in [1.29, 1.82) is 0 Å². The standard InChI is InChI=1S/C21H25N3O3/c25-19(22-12-10-16-6-2-1-3-7-16)14-23-20(26)15-24-13-11-17-8-4-5-9-18(17)21(24)27/h4-6,8-9,11,13H,1-3,7,10,12,14-15H2,(H,22,25)(H,23,26). The highest BCUT2D eigenvalue weighted by Gasteiger charge is 2.09. The predicted molar refractivity (Wildman–Crippen MR) is 105 cm³/mol. The molecule has 1 heterocycles. The van der Waals surface area contributed by atoms with Crippen LogP contribution in [-0.2, 0) is 16.1 Å². The van der Waals surface area contributed by atoms with Crippen molar-refractivity contribution in [3.05, 3.63) is 58.5 Å². The molecule has 142 valence electrons. The Morgan fingerprint density at radius 1 is 1.04 bits per heavy atom. The zero-order valence-corrected chi connectivity index (χ0v) is 15.4. The van der Waals surface area contributed by atoms with E-state index in [2.05, 4.69) is 16.7 Å². The fraction of sp³-hybridized carbons (Fsp3) is 0.381. The zero-order valence-electron chi connectivity index (χ0n) is 15.4. The molecule has 0 saturated heterocycles. The summed E-state index contributed by atoms with van der Waals surface area (Å²) in [5.74, 6) is -0.580. The topological polar surface area (TPSA) is 80.2 Å². The van der Waals surface area contributed by atoms with E-state index < -0.39 is 0 Å². The van der Waals surface area contributed by atoms with E-state index in [0.29, 0.717) is 11.9 Å². The maximum atomic E-state index is 12.4. The highest BCUT2D eigenvalue weighted by atomic mass is 16.2. The Kier molecular flexibility index (Phi) is 6.41. The number of carbonyl (C=O) groups is 2. The molecule has 6 nitrogen and oxygen atoms in total. The summed E-state index contributed by atoms with van der Waals surface area (Å²) in [6.07, 6.45) is 9.46. The van der Waals surface area contributed by atoms with Gasteiger partial charge in [0.1, 0.15) is 6.54 Å². The SMILES string of the molecule is O=C(CNC(=O)Cn1ccc2ccccc2c1=O)NCCC1=CCCCC1. The lowest BCUT2D eigenvalue weighted by atomic mass is 9.97. The first kappa shape index (κ1) is 18.9. The number of hydrogen-bond donors (Lipinski definition) is 2. The van der Waals surface area contributed by atoms with Gasteiger partial charge in [-0.05, 0) is 49.6 Å². The molecule has 27 heavy (non-hydrogen) atoms. The summed E-state index contributed by atoms with van der Waals surface area (Å²) < 4.78 is 1.35. The highest BCUT2D eigenvalue weighted by Crippen LogP contribution is 2.19. The maximum Gasteiger partial charge on any atom is 0.258 e. The van der Waals surface area contributed by atoms with Gasteiger partial charge in [-0.25, -0.2) is 0 Å². The number of nitrogens with zero attached hydrogens (tertiary/aromatic N) is 1. The molecule has 1 aromatic heterocycles. The molecular formula is C21H25N3O3. The van der Waals surface area contributed by atoms with Crippen LogP contribution in [0.15, 0.2) is 53.0 Å². The largest absolute Gasteiger partial charge is 0.354 e. The molecule has 1 aliphatic carbocycles. The molecule has 0 saturated carbocycles. The van der Waals surface area contributed by atoms with Crippen molar-refractivity contribution in [2.75, 3.05) is 13.1 Å². The van der Waals surface area contributed by atoms with Crippen molar-refractivity contribution >= 4 is 22.6 Å². The van der Waals surface area contributed by atoms with E-state index >= 15 is 0 Å². The van der Waals surface area contributed by atoms with Gasteiger partial charge in [0.2, 0.25) is 11.8 Å². The molecule has 0 bridgehead atoms. The van der Waals surface area contributed by atoms with Crippen molar-refractivity contribution in [3.8, 4) is 0 Å². The monoisotopic (exact) mass is 367 g/mol. The van der Waals surface area contributed by atoms with Crippen LogP contribution in [0.2, 0.25) is 0 Å². The summed E-state index contributed by atoms with van der Waals surface area (Å²) in [6.45, 7) is 0.398. The number of benzene rings is 1. The van der Waals surface area contributed by atoms with Crippen molar-refractivity contribution < 1.29 is 9.59 Å². The fourth-order valence-corrected chi connectivity index (χ4v) is 3.30. The molecule has 0 radical (unpaired) electrons. The third-order valence-corrected chi connectivity index (χ3v) is 4.80. The molecule has 1 aromatic carbocycles. The molecule has 2 amide bonds. The van der Waals surface area contributed by atoms with Gasteiger partial charge in [0.25, 0.3) is 5.56 Å². The van der Waals surface area contributed by atoms with Crippen molar-refractivity contribution in [2.45, 2.75) is 38.6 Å². The number of fused-ring (bicyclic) bond motifs is 1. The number of nitrogens with one attached hydrogen (secondary N) is 2. The summed E-state index contributed by atoms with van der Waals surface area (Å²) in [6, 6.07) is 9.05. The van der Waals surface area contributed by atoms with Gasteiger partial charge in [-0.2, -0.15) is 0 Å². The molecule has 0 fully saturated rings. The van der Waals surface area contributed by atoms with Crippen LogP contribution in [-0.4, -0.2) is 29.5 Å². The fourth-order valence-electron chi connectivity index (χ4n) is 3.30. The zero-order chi connectivity index (χ0) is 19.1. The van der Waals surface area contributed by atoms with E-state index in [0.717, 1.165) is 24.6 Å². The number of allylic oxidation sites excluding steroid dienone is 1. The number of aromatic nitrogens is 1. The summed E-state index contributed by atoms with van der Waals surface area (Å²) in [7, 11) is 0. The van der Waals surface area contributed by atoms with E-state index in [9.17, 15) is 14.4 Å². The Hall–Kier alpha value is -2.89. The molecule has 6 heteroatoms. The van der Waals surface area contributed by atoms with Gasteiger partial charge in [-0.3, -0.25) is 14.4 Å². The molecule has 0 spiro atoms. The van der Waals surface area contributed by atoms with E-state index in [1.54, 1.807) is 24.4 Å². The van der Waals surface area contributed by atoms with Crippen LogP contribution in [0.3, 0.4) is 0 Å². The average molecular weight is 367 g/mol. The molecule has 3 rings (SSSR count). The van der Waals surface area contributed by atoms with E-state index in [4.69, 9.17) is 0 Å². The third kappa shape index (κ3) is 5.29. The average Bonchev–Trinajstić information content (AvgIpc) is 2.69. The van der Waals surface area contributed by atoms with Crippen LogP contribution in [0.5, 0.6) is 0 Å². The second kappa shape index (κ2) is 9.16. The van der Waals surface area contributed by atoms with Crippen LogP contribution >= 0.6 is 0 Å². The Labute approximate surface area is 158 Å². The number of hydrogen-bond acceptors (Lipinski definition) is 3. The Bertz CT molecular complexity index is 914. The van der Waals surface area contributed by atoms with Crippen LogP contribution in [0, 0.1) is 0 Å². The van der Waals surface area contributed by atoms with Crippen molar-refractivity contribution in [1.82, 2.24) is 15.2 Å². The van der Waals surface area contributed by atoms with Gasteiger partial charge in [0.05, 0.1) is 6.54 Å². The van der Waals surface area contributed by atoms with Gasteiger partial charge in [0, 0.05) is 18.1 Å². The lowest BCUT2D eigenvalue weighted by Gasteiger charge is -2.13.